The number of carbonyl (C=O) groups is 1. The first-order chi connectivity index (χ1) is 8.92. The highest BCUT2D eigenvalue weighted by molar-refractivity contribution is 9.10. The van der Waals surface area contributed by atoms with Crippen LogP contribution < -0.4 is 0 Å². The first kappa shape index (κ1) is 15.1. The third kappa shape index (κ3) is 3.29. The summed E-state index contributed by atoms with van der Waals surface area (Å²) in [5.74, 6) is -1.77. The molecule has 0 aromatic heterocycles. The molecule has 0 bridgehead atoms. The van der Waals surface area contributed by atoms with E-state index in [1.54, 1.807) is 13.8 Å². The molecule has 1 aromatic rings. The lowest BCUT2D eigenvalue weighted by Crippen LogP contribution is -2.15. The van der Waals surface area contributed by atoms with Crippen molar-refractivity contribution in [2.45, 2.75) is 19.8 Å². The number of nitro benzene ring substituents is 1. The topological polar surface area (TPSA) is 93.2 Å². The molecule has 0 saturated heterocycles. The number of aryl methyl sites for hydroxylation is 1. The Balaban J connectivity index is 3.28. The largest absolute Gasteiger partial charge is 0.465 e. The lowest BCUT2D eigenvalue weighted by atomic mass is 9.98. The minimum atomic E-state index is -1.10. The Morgan fingerprint density at radius 3 is 2.74 bits per heavy atom. The van der Waals surface area contributed by atoms with E-state index >= 15 is 0 Å². The first-order valence-corrected chi connectivity index (χ1v) is 6.22. The summed E-state index contributed by atoms with van der Waals surface area (Å²) in [7, 11) is 0. The maximum atomic E-state index is 11.7. The average molecular weight is 327 g/mol. The molecule has 0 fully saturated rings. The van der Waals surface area contributed by atoms with E-state index in [1.165, 1.54) is 12.1 Å². The number of benzene rings is 1. The van der Waals surface area contributed by atoms with Gasteiger partial charge in [0, 0.05) is 16.1 Å². The summed E-state index contributed by atoms with van der Waals surface area (Å²) in [6, 6.07) is 4.58. The van der Waals surface area contributed by atoms with E-state index in [4.69, 9.17) is 10.00 Å². The number of ether oxygens (including phenoxy) is 1. The SMILES string of the molecule is CCOC(=O)C(C#N)c1cc(C)c([N+](=O)[O-])cc1Br. The van der Waals surface area contributed by atoms with Gasteiger partial charge in [-0.2, -0.15) is 5.26 Å². The van der Waals surface area contributed by atoms with Crippen LogP contribution in [0.25, 0.3) is 0 Å². The van der Waals surface area contributed by atoms with Gasteiger partial charge in [0.25, 0.3) is 5.69 Å². The van der Waals surface area contributed by atoms with Gasteiger partial charge in [-0.1, -0.05) is 15.9 Å². The highest BCUT2D eigenvalue weighted by Crippen LogP contribution is 2.32. The Morgan fingerprint density at radius 2 is 2.26 bits per heavy atom. The smallest absolute Gasteiger partial charge is 0.327 e. The number of halogens is 1. The van der Waals surface area contributed by atoms with E-state index in [1.807, 2.05) is 6.07 Å². The minimum absolute atomic E-state index is 0.0730. The van der Waals surface area contributed by atoms with E-state index in [-0.39, 0.29) is 12.3 Å². The number of carbonyl (C=O) groups excluding carboxylic acids is 1. The van der Waals surface area contributed by atoms with E-state index < -0.39 is 16.8 Å². The molecule has 0 amide bonds. The second kappa shape index (κ2) is 6.29. The third-order valence-corrected chi connectivity index (χ3v) is 3.16. The van der Waals surface area contributed by atoms with Crippen molar-refractivity contribution in [3.05, 3.63) is 37.8 Å². The number of hydrogen-bond donors (Lipinski definition) is 0. The molecule has 100 valence electrons. The molecule has 0 N–H and O–H groups in total. The summed E-state index contributed by atoms with van der Waals surface area (Å²) in [4.78, 5) is 21.9. The molecule has 0 aliphatic carbocycles. The Bertz CT molecular complexity index is 566. The maximum Gasteiger partial charge on any atom is 0.327 e. The zero-order chi connectivity index (χ0) is 14.6. The van der Waals surface area contributed by atoms with Crippen LogP contribution in [0.1, 0.15) is 24.0 Å². The summed E-state index contributed by atoms with van der Waals surface area (Å²) in [6.07, 6.45) is 0. The molecule has 0 saturated carbocycles. The van der Waals surface area contributed by atoms with Gasteiger partial charge >= 0.3 is 5.97 Å². The fourth-order valence-corrected chi connectivity index (χ4v) is 2.15. The predicted molar refractivity (Wildman–Crippen MR) is 70.5 cm³/mol. The van der Waals surface area contributed by atoms with Gasteiger partial charge < -0.3 is 4.74 Å². The fraction of sp³-hybridized carbons (Fsp3) is 0.333. The molecule has 0 aliphatic rings. The van der Waals surface area contributed by atoms with Crippen LogP contribution in [0.2, 0.25) is 0 Å². The molecule has 1 atom stereocenters. The van der Waals surface area contributed by atoms with Crippen molar-refractivity contribution in [1.82, 2.24) is 0 Å². The second-order valence-electron chi connectivity index (χ2n) is 3.73. The molecule has 6 nitrogen and oxygen atoms in total. The van der Waals surface area contributed by atoms with E-state index in [2.05, 4.69) is 15.9 Å². The summed E-state index contributed by atoms with van der Waals surface area (Å²) in [6.45, 7) is 3.36. The molecule has 0 radical (unpaired) electrons. The monoisotopic (exact) mass is 326 g/mol. The number of nitriles is 1. The van der Waals surface area contributed by atoms with Gasteiger partial charge in [0.2, 0.25) is 0 Å². The van der Waals surface area contributed by atoms with Crippen LogP contribution in [-0.4, -0.2) is 17.5 Å². The van der Waals surface area contributed by atoms with Crippen LogP contribution in [-0.2, 0) is 9.53 Å². The molecule has 1 aromatic carbocycles. The highest BCUT2D eigenvalue weighted by Gasteiger charge is 2.26. The number of esters is 1. The Hall–Kier alpha value is -1.94. The quantitative estimate of drug-likeness (QED) is 0.481. The molecule has 0 aliphatic heterocycles. The fourth-order valence-electron chi connectivity index (χ4n) is 1.59. The number of nitrogens with zero attached hydrogens (tertiary/aromatic N) is 2. The minimum Gasteiger partial charge on any atom is -0.465 e. The summed E-state index contributed by atoms with van der Waals surface area (Å²) in [5, 5.41) is 19.9. The van der Waals surface area contributed by atoms with Crippen LogP contribution in [0, 0.1) is 28.4 Å². The van der Waals surface area contributed by atoms with Gasteiger partial charge in [0.15, 0.2) is 5.92 Å². The molecule has 0 heterocycles. The van der Waals surface area contributed by atoms with Crippen LogP contribution in [0.5, 0.6) is 0 Å². The molecule has 0 spiro atoms. The number of hydrogen-bond acceptors (Lipinski definition) is 5. The lowest BCUT2D eigenvalue weighted by Gasteiger charge is -2.11. The zero-order valence-corrected chi connectivity index (χ0v) is 11.9. The molecular weight excluding hydrogens is 316 g/mol. The molecular formula is C12H11BrN2O4. The van der Waals surface area contributed by atoms with E-state index in [9.17, 15) is 14.9 Å². The van der Waals surface area contributed by atoms with Crippen LogP contribution in [0.3, 0.4) is 0 Å². The predicted octanol–water partition coefficient (Wildman–Crippen LogP) is 2.84. The average Bonchev–Trinajstić information content (AvgIpc) is 2.34. The van der Waals surface area contributed by atoms with Crippen LogP contribution in [0.15, 0.2) is 16.6 Å². The van der Waals surface area contributed by atoms with Crippen molar-refractivity contribution >= 4 is 27.6 Å². The van der Waals surface area contributed by atoms with E-state index in [0.29, 0.717) is 15.6 Å². The Morgan fingerprint density at radius 1 is 1.63 bits per heavy atom. The summed E-state index contributed by atoms with van der Waals surface area (Å²) in [5.41, 5.74) is 0.674. The van der Waals surface area contributed by atoms with Crippen molar-refractivity contribution in [2.75, 3.05) is 6.61 Å². The third-order valence-electron chi connectivity index (χ3n) is 2.47. The van der Waals surface area contributed by atoms with Crippen LogP contribution >= 0.6 is 15.9 Å². The number of nitro groups is 1. The maximum absolute atomic E-state index is 11.7. The van der Waals surface area contributed by atoms with Crippen molar-refractivity contribution in [2.24, 2.45) is 0 Å². The van der Waals surface area contributed by atoms with Gasteiger partial charge in [-0.3, -0.25) is 14.9 Å². The Labute approximate surface area is 118 Å². The van der Waals surface area contributed by atoms with Gasteiger partial charge in [-0.15, -0.1) is 0 Å². The van der Waals surface area contributed by atoms with Crippen molar-refractivity contribution < 1.29 is 14.5 Å². The van der Waals surface area contributed by atoms with Crippen molar-refractivity contribution in [3.63, 3.8) is 0 Å². The van der Waals surface area contributed by atoms with Gasteiger partial charge in [0.05, 0.1) is 17.6 Å². The molecule has 7 heteroatoms. The molecule has 1 unspecified atom stereocenters. The van der Waals surface area contributed by atoms with Crippen molar-refractivity contribution in [1.29, 1.82) is 5.26 Å². The first-order valence-electron chi connectivity index (χ1n) is 5.43. The molecule has 19 heavy (non-hydrogen) atoms. The summed E-state index contributed by atoms with van der Waals surface area (Å²) < 4.78 is 5.14. The molecule has 1 rings (SSSR count). The van der Waals surface area contributed by atoms with Crippen LogP contribution in [0.4, 0.5) is 5.69 Å². The summed E-state index contributed by atoms with van der Waals surface area (Å²) >= 11 is 3.15. The Kier molecular flexibility index (Phi) is 5.01. The highest BCUT2D eigenvalue weighted by atomic mass is 79.9. The van der Waals surface area contributed by atoms with Gasteiger partial charge in [-0.25, -0.2) is 0 Å². The van der Waals surface area contributed by atoms with Gasteiger partial charge in [0.1, 0.15) is 0 Å². The van der Waals surface area contributed by atoms with Crippen molar-refractivity contribution in [3.8, 4) is 6.07 Å². The standard InChI is InChI=1S/C12H11BrN2O4/c1-3-19-12(16)9(6-14)8-4-7(2)11(15(17)18)5-10(8)13/h4-5,9H,3H2,1-2H3. The lowest BCUT2D eigenvalue weighted by molar-refractivity contribution is -0.385. The normalized spacial score (nSPS) is 11.5. The van der Waals surface area contributed by atoms with E-state index in [0.717, 1.165) is 0 Å². The zero-order valence-electron chi connectivity index (χ0n) is 10.3. The number of rotatable bonds is 4. The van der Waals surface area contributed by atoms with Gasteiger partial charge in [-0.05, 0) is 25.5 Å². The second-order valence-corrected chi connectivity index (χ2v) is 4.59.